The second-order valence-corrected chi connectivity index (χ2v) is 8.68. The van der Waals surface area contributed by atoms with Gasteiger partial charge in [0.1, 0.15) is 0 Å². The maximum Gasteiger partial charge on any atom is 0.0611 e. The Hall–Kier alpha value is -3.32. The highest BCUT2D eigenvalue weighted by Gasteiger charge is 2.38. The number of rotatable bonds is 0. The zero-order chi connectivity index (χ0) is 18.6. The number of nitrogens with zero attached hydrogens (tertiary/aromatic N) is 1. The van der Waals surface area contributed by atoms with Gasteiger partial charge < -0.3 is 4.40 Å². The van der Waals surface area contributed by atoms with E-state index in [-0.39, 0.29) is 5.41 Å². The molecule has 0 bridgehead atoms. The van der Waals surface area contributed by atoms with Crippen LogP contribution < -0.4 is 0 Å². The molecule has 0 radical (unpaired) electrons. The third kappa shape index (κ3) is 1.52. The zero-order valence-corrected chi connectivity index (χ0v) is 16.0. The topological polar surface area (TPSA) is 4.41 Å². The fourth-order valence-electron chi connectivity index (χ4n) is 5.66. The molecule has 1 nitrogen and oxygen atoms in total. The lowest BCUT2D eigenvalue weighted by Gasteiger charge is -2.22. The lowest BCUT2D eigenvalue weighted by molar-refractivity contribution is 0.667. The second-order valence-electron chi connectivity index (χ2n) is 8.68. The minimum atomic E-state index is -0.00218. The largest absolute Gasteiger partial charge is 0.315 e. The van der Waals surface area contributed by atoms with Gasteiger partial charge in [-0.3, -0.25) is 0 Å². The smallest absolute Gasteiger partial charge is 0.0611 e. The Labute approximate surface area is 163 Å². The van der Waals surface area contributed by atoms with Crippen molar-refractivity contribution >= 4 is 38.0 Å². The molecule has 0 unspecified atom stereocenters. The van der Waals surface area contributed by atoms with E-state index in [1.165, 1.54) is 60.2 Å². The van der Waals surface area contributed by atoms with E-state index in [0.717, 1.165) is 0 Å². The van der Waals surface area contributed by atoms with Crippen LogP contribution >= 0.6 is 0 Å². The molecule has 132 valence electrons. The molecule has 0 fully saturated rings. The quantitative estimate of drug-likeness (QED) is 0.272. The molecule has 6 aromatic rings. The molecule has 28 heavy (non-hydrogen) atoms. The second kappa shape index (κ2) is 4.56. The van der Waals surface area contributed by atoms with Gasteiger partial charge in [0.25, 0.3) is 0 Å². The summed E-state index contributed by atoms with van der Waals surface area (Å²) in [7, 11) is 0. The van der Waals surface area contributed by atoms with Crippen molar-refractivity contribution < 1.29 is 0 Å². The Kier molecular flexibility index (Phi) is 2.39. The van der Waals surface area contributed by atoms with Gasteiger partial charge >= 0.3 is 0 Å². The summed E-state index contributed by atoms with van der Waals surface area (Å²) in [6, 6.07) is 27.0. The van der Waals surface area contributed by atoms with Crippen LogP contribution in [-0.4, -0.2) is 4.40 Å². The standard InChI is InChI=1S/C27H19N/c1-27(2)22-10-6-5-9-19(22)20-14-18-11-12-28-23-15-17-8-4-3-7-16(17)13-21(23)24(25(20)27)26(18)28/h3-15H,1-2H3. The highest BCUT2D eigenvalue weighted by atomic mass is 14.9. The van der Waals surface area contributed by atoms with Gasteiger partial charge in [-0.25, -0.2) is 0 Å². The molecule has 7 rings (SSSR count). The van der Waals surface area contributed by atoms with Crippen molar-refractivity contribution in [3.05, 3.63) is 90.1 Å². The van der Waals surface area contributed by atoms with Crippen molar-refractivity contribution in [1.82, 2.24) is 4.40 Å². The highest BCUT2D eigenvalue weighted by molar-refractivity contribution is 6.21. The summed E-state index contributed by atoms with van der Waals surface area (Å²) >= 11 is 0. The molecule has 4 aromatic carbocycles. The van der Waals surface area contributed by atoms with Crippen LogP contribution in [0.5, 0.6) is 0 Å². The van der Waals surface area contributed by atoms with E-state index in [2.05, 4.69) is 97.2 Å². The maximum atomic E-state index is 2.41. The first-order valence-electron chi connectivity index (χ1n) is 9.96. The molecule has 0 saturated heterocycles. The average molecular weight is 357 g/mol. The van der Waals surface area contributed by atoms with Crippen LogP contribution in [0.2, 0.25) is 0 Å². The van der Waals surface area contributed by atoms with E-state index in [1.54, 1.807) is 0 Å². The van der Waals surface area contributed by atoms with E-state index in [9.17, 15) is 0 Å². The van der Waals surface area contributed by atoms with E-state index in [1.807, 2.05) is 0 Å². The van der Waals surface area contributed by atoms with Crippen LogP contribution in [0.1, 0.15) is 25.0 Å². The molecule has 2 aromatic heterocycles. The van der Waals surface area contributed by atoms with Gasteiger partial charge in [-0.1, -0.05) is 62.4 Å². The third-order valence-corrected chi connectivity index (χ3v) is 6.88. The molecule has 0 aliphatic heterocycles. The fraction of sp³-hybridized carbons (Fsp3) is 0.111. The minimum absolute atomic E-state index is 0.00218. The lowest BCUT2D eigenvalue weighted by Crippen LogP contribution is -2.15. The number of hydrogen-bond donors (Lipinski definition) is 0. The molecule has 0 saturated carbocycles. The summed E-state index contributed by atoms with van der Waals surface area (Å²) in [4.78, 5) is 0. The van der Waals surface area contributed by atoms with Crippen molar-refractivity contribution in [1.29, 1.82) is 0 Å². The first kappa shape index (κ1) is 14.7. The van der Waals surface area contributed by atoms with E-state index in [4.69, 9.17) is 0 Å². The Morgan fingerprint density at radius 2 is 1.46 bits per heavy atom. The molecule has 0 N–H and O–H groups in total. The van der Waals surface area contributed by atoms with Crippen LogP contribution in [-0.2, 0) is 5.41 Å². The van der Waals surface area contributed by atoms with E-state index in [0.29, 0.717) is 0 Å². The SMILES string of the molecule is CC1(C)c2ccccc2-c2cc3ccn4c5cc6ccccc6cc5c(c21)c34. The Bertz CT molecular complexity index is 1580. The van der Waals surface area contributed by atoms with Gasteiger partial charge in [-0.05, 0) is 57.3 Å². The van der Waals surface area contributed by atoms with Crippen LogP contribution in [0.4, 0.5) is 0 Å². The summed E-state index contributed by atoms with van der Waals surface area (Å²) in [5.41, 5.74) is 8.39. The van der Waals surface area contributed by atoms with Crippen LogP contribution in [0.3, 0.4) is 0 Å². The first-order chi connectivity index (χ1) is 13.6. The number of benzene rings is 4. The van der Waals surface area contributed by atoms with Crippen LogP contribution in [0.15, 0.2) is 79.0 Å². The summed E-state index contributed by atoms with van der Waals surface area (Å²) in [5.74, 6) is 0. The molecule has 1 aliphatic rings. The molecular weight excluding hydrogens is 338 g/mol. The van der Waals surface area contributed by atoms with E-state index < -0.39 is 0 Å². The number of fused-ring (bicyclic) bond motifs is 8. The number of hydrogen-bond acceptors (Lipinski definition) is 0. The summed E-state index contributed by atoms with van der Waals surface area (Å²) in [5, 5.41) is 6.75. The Morgan fingerprint density at radius 1 is 0.714 bits per heavy atom. The van der Waals surface area contributed by atoms with Crippen molar-refractivity contribution in [2.45, 2.75) is 19.3 Å². The van der Waals surface area contributed by atoms with Gasteiger partial charge in [-0.15, -0.1) is 0 Å². The molecule has 1 heteroatoms. The molecular formula is C27H19N. The number of aromatic nitrogens is 1. The lowest BCUT2D eigenvalue weighted by atomic mass is 9.80. The van der Waals surface area contributed by atoms with Crippen molar-refractivity contribution in [2.24, 2.45) is 0 Å². The molecule has 1 aliphatic carbocycles. The summed E-state index contributed by atoms with van der Waals surface area (Å²) < 4.78 is 2.39. The van der Waals surface area contributed by atoms with Gasteiger partial charge in [-0.2, -0.15) is 0 Å². The van der Waals surface area contributed by atoms with E-state index >= 15 is 0 Å². The normalized spacial score (nSPS) is 15.1. The summed E-state index contributed by atoms with van der Waals surface area (Å²) in [6.07, 6.45) is 2.24. The molecule has 0 amide bonds. The minimum Gasteiger partial charge on any atom is -0.315 e. The molecule has 0 atom stereocenters. The van der Waals surface area contributed by atoms with Crippen LogP contribution in [0, 0.1) is 0 Å². The fourth-order valence-corrected chi connectivity index (χ4v) is 5.66. The zero-order valence-electron chi connectivity index (χ0n) is 16.0. The monoisotopic (exact) mass is 357 g/mol. The van der Waals surface area contributed by atoms with Gasteiger partial charge in [0, 0.05) is 27.8 Å². The Morgan fingerprint density at radius 3 is 2.32 bits per heavy atom. The van der Waals surface area contributed by atoms with Crippen molar-refractivity contribution in [3.8, 4) is 11.1 Å². The predicted molar refractivity (Wildman–Crippen MR) is 119 cm³/mol. The average Bonchev–Trinajstić information content (AvgIpc) is 3.34. The highest BCUT2D eigenvalue weighted by Crippen LogP contribution is 2.54. The maximum absolute atomic E-state index is 2.41. The summed E-state index contributed by atoms with van der Waals surface area (Å²) in [6.45, 7) is 4.76. The first-order valence-corrected chi connectivity index (χ1v) is 9.96. The van der Waals surface area contributed by atoms with Crippen molar-refractivity contribution in [2.75, 3.05) is 0 Å². The van der Waals surface area contributed by atoms with Crippen LogP contribution in [0.25, 0.3) is 49.1 Å². The Balaban J connectivity index is 1.79. The molecule has 0 spiro atoms. The molecule has 2 heterocycles. The van der Waals surface area contributed by atoms with Gasteiger partial charge in [0.2, 0.25) is 0 Å². The van der Waals surface area contributed by atoms with Gasteiger partial charge in [0.05, 0.1) is 11.0 Å². The van der Waals surface area contributed by atoms with Crippen molar-refractivity contribution in [3.63, 3.8) is 0 Å². The third-order valence-electron chi connectivity index (χ3n) is 6.88. The van der Waals surface area contributed by atoms with Gasteiger partial charge in [0.15, 0.2) is 0 Å². The predicted octanol–water partition coefficient (Wildman–Crippen LogP) is 7.14.